The van der Waals surface area contributed by atoms with E-state index in [1.807, 2.05) is 20.8 Å². The summed E-state index contributed by atoms with van der Waals surface area (Å²) in [6, 6.07) is 15.4. The minimum Gasteiger partial charge on any atom is -0.507 e. The number of phenols is 1. The highest BCUT2D eigenvalue weighted by Crippen LogP contribution is 2.45. The molecule has 4 rings (SSSR count). The van der Waals surface area contributed by atoms with Gasteiger partial charge in [0.05, 0.1) is 24.4 Å². The smallest absolute Gasteiger partial charge is 0.300 e. The minimum atomic E-state index is -1.29. The number of benzene rings is 3. The highest BCUT2D eigenvalue weighted by atomic mass is 19.1. The highest BCUT2D eigenvalue weighted by Gasteiger charge is 2.48. The third kappa shape index (κ3) is 4.14. The van der Waals surface area contributed by atoms with Gasteiger partial charge in [0, 0.05) is 16.7 Å². The summed E-state index contributed by atoms with van der Waals surface area (Å²) in [5.74, 6) is -2.71. The SMILES string of the molecule is COc1ccc(/C(O)=C2\C(=O)C(=O)N(c3ccccc3O)C2c2ccccc2F)cc1C(C)(C)C. The molecule has 0 radical (unpaired) electrons. The van der Waals surface area contributed by atoms with Gasteiger partial charge < -0.3 is 14.9 Å². The summed E-state index contributed by atoms with van der Waals surface area (Å²) in [5, 5.41) is 21.8. The summed E-state index contributed by atoms with van der Waals surface area (Å²) in [4.78, 5) is 27.5. The molecular formula is C28H26FNO5. The number of ketones is 1. The third-order valence-corrected chi connectivity index (χ3v) is 6.07. The topological polar surface area (TPSA) is 87.1 Å². The number of anilines is 1. The zero-order valence-electron chi connectivity index (χ0n) is 19.9. The second-order valence-corrected chi connectivity index (χ2v) is 9.34. The molecule has 1 saturated heterocycles. The first-order valence-corrected chi connectivity index (χ1v) is 11.1. The molecule has 0 bridgehead atoms. The molecule has 35 heavy (non-hydrogen) atoms. The predicted molar refractivity (Wildman–Crippen MR) is 131 cm³/mol. The summed E-state index contributed by atoms with van der Waals surface area (Å²) >= 11 is 0. The van der Waals surface area contributed by atoms with Gasteiger partial charge >= 0.3 is 0 Å². The molecular weight excluding hydrogens is 449 g/mol. The molecule has 2 N–H and O–H groups in total. The lowest BCUT2D eigenvalue weighted by atomic mass is 9.84. The van der Waals surface area contributed by atoms with Gasteiger partial charge in [-0.1, -0.05) is 51.1 Å². The van der Waals surface area contributed by atoms with Crippen molar-refractivity contribution in [3.05, 3.63) is 94.8 Å². The van der Waals surface area contributed by atoms with E-state index in [4.69, 9.17) is 4.74 Å². The van der Waals surface area contributed by atoms with Gasteiger partial charge in [-0.05, 0) is 41.8 Å². The van der Waals surface area contributed by atoms with Crippen molar-refractivity contribution in [1.82, 2.24) is 0 Å². The fourth-order valence-corrected chi connectivity index (χ4v) is 4.34. The Labute approximate surface area is 202 Å². The third-order valence-electron chi connectivity index (χ3n) is 6.07. The van der Waals surface area contributed by atoms with Crippen LogP contribution in [0.3, 0.4) is 0 Å². The van der Waals surface area contributed by atoms with Gasteiger partial charge in [-0.15, -0.1) is 0 Å². The van der Waals surface area contributed by atoms with Crippen molar-refractivity contribution in [2.24, 2.45) is 0 Å². The average Bonchev–Trinajstić information content (AvgIpc) is 3.08. The van der Waals surface area contributed by atoms with E-state index in [0.29, 0.717) is 5.75 Å². The zero-order valence-corrected chi connectivity index (χ0v) is 19.9. The molecule has 0 aliphatic carbocycles. The molecule has 0 saturated carbocycles. The van der Waals surface area contributed by atoms with Crippen molar-refractivity contribution in [2.75, 3.05) is 12.0 Å². The molecule has 1 heterocycles. The van der Waals surface area contributed by atoms with Crippen molar-refractivity contribution < 1.29 is 28.9 Å². The number of methoxy groups -OCH3 is 1. The minimum absolute atomic E-state index is 0.0149. The summed E-state index contributed by atoms with van der Waals surface area (Å²) < 4.78 is 20.5. The Morgan fingerprint density at radius 3 is 2.29 bits per heavy atom. The van der Waals surface area contributed by atoms with E-state index in [-0.39, 0.29) is 33.6 Å². The molecule has 6 nitrogen and oxygen atoms in total. The number of hydrogen-bond acceptors (Lipinski definition) is 5. The Morgan fingerprint density at radius 1 is 1.00 bits per heavy atom. The molecule has 7 heteroatoms. The zero-order chi connectivity index (χ0) is 25.5. The number of hydrogen-bond donors (Lipinski definition) is 2. The first-order valence-electron chi connectivity index (χ1n) is 11.1. The van der Waals surface area contributed by atoms with E-state index in [1.54, 1.807) is 43.5 Å². The van der Waals surface area contributed by atoms with Gasteiger partial charge in [-0.2, -0.15) is 0 Å². The van der Waals surface area contributed by atoms with Crippen LogP contribution >= 0.6 is 0 Å². The summed E-state index contributed by atoms with van der Waals surface area (Å²) in [6.07, 6.45) is 0. The number of carbonyl (C=O) groups is 2. The molecule has 1 amide bonds. The monoisotopic (exact) mass is 475 g/mol. The number of rotatable bonds is 4. The second kappa shape index (κ2) is 8.91. The second-order valence-electron chi connectivity index (χ2n) is 9.34. The van der Waals surface area contributed by atoms with Crippen LogP contribution in [-0.2, 0) is 15.0 Å². The van der Waals surface area contributed by atoms with Crippen LogP contribution in [-0.4, -0.2) is 29.0 Å². The van der Waals surface area contributed by atoms with Crippen molar-refractivity contribution in [2.45, 2.75) is 32.2 Å². The van der Waals surface area contributed by atoms with Gasteiger partial charge in [-0.25, -0.2) is 4.39 Å². The van der Waals surface area contributed by atoms with E-state index < -0.39 is 29.3 Å². The molecule has 0 aromatic heterocycles. The normalized spacial score (nSPS) is 17.6. The number of aliphatic hydroxyl groups is 1. The summed E-state index contributed by atoms with van der Waals surface area (Å²) in [6.45, 7) is 5.93. The van der Waals surface area contributed by atoms with Crippen LogP contribution in [0.2, 0.25) is 0 Å². The number of carbonyl (C=O) groups excluding carboxylic acids is 2. The lowest BCUT2D eigenvalue weighted by molar-refractivity contribution is -0.132. The van der Waals surface area contributed by atoms with Gasteiger partial charge in [0.2, 0.25) is 0 Å². The van der Waals surface area contributed by atoms with Crippen molar-refractivity contribution in [3.8, 4) is 11.5 Å². The van der Waals surface area contributed by atoms with E-state index in [0.717, 1.165) is 10.5 Å². The van der Waals surface area contributed by atoms with Gasteiger partial charge in [-0.3, -0.25) is 14.5 Å². The Balaban J connectivity index is 2.00. The van der Waals surface area contributed by atoms with Gasteiger partial charge in [0.1, 0.15) is 23.1 Å². The van der Waals surface area contributed by atoms with Crippen molar-refractivity contribution in [1.29, 1.82) is 0 Å². The molecule has 1 atom stereocenters. The van der Waals surface area contributed by atoms with E-state index in [9.17, 15) is 19.8 Å². The number of nitrogens with zero attached hydrogens (tertiary/aromatic N) is 1. The largest absolute Gasteiger partial charge is 0.507 e. The van der Waals surface area contributed by atoms with Crippen molar-refractivity contribution in [3.63, 3.8) is 0 Å². The summed E-state index contributed by atoms with van der Waals surface area (Å²) in [5.41, 5.74) is 0.490. The maximum absolute atomic E-state index is 15.0. The number of amides is 1. The predicted octanol–water partition coefficient (Wildman–Crippen LogP) is 5.46. The summed E-state index contributed by atoms with van der Waals surface area (Å²) in [7, 11) is 1.54. The van der Waals surface area contributed by atoms with Crippen LogP contribution in [0.5, 0.6) is 11.5 Å². The number of halogens is 1. The number of aromatic hydroxyl groups is 1. The Bertz CT molecular complexity index is 1360. The van der Waals surface area contributed by atoms with Gasteiger partial charge in [0.15, 0.2) is 0 Å². The van der Waals surface area contributed by atoms with Crippen LogP contribution in [0.15, 0.2) is 72.3 Å². The standard InChI is InChI=1S/C28H26FNO5/c1-28(2,3)18-15-16(13-14-22(18)35-4)25(32)23-24(17-9-5-6-10-19(17)29)30(27(34)26(23)33)20-11-7-8-12-21(20)31/h5-15,24,31-32H,1-4H3/b25-23+. The fraction of sp³-hybridized carbons (Fsp3) is 0.214. The number of Topliss-reactive ketones (excluding diaryl/α,β-unsaturated/α-hetero) is 1. The lowest BCUT2D eigenvalue weighted by Crippen LogP contribution is -2.29. The van der Waals surface area contributed by atoms with E-state index in [2.05, 4.69) is 0 Å². The molecule has 1 aliphatic rings. The first-order chi connectivity index (χ1) is 16.6. The molecule has 180 valence electrons. The number of ether oxygens (including phenoxy) is 1. The Kier molecular flexibility index (Phi) is 6.11. The molecule has 3 aromatic rings. The Hall–Kier alpha value is -4.13. The lowest BCUT2D eigenvalue weighted by Gasteiger charge is -2.26. The Morgan fingerprint density at radius 2 is 1.66 bits per heavy atom. The van der Waals surface area contributed by atoms with Crippen molar-refractivity contribution >= 4 is 23.1 Å². The number of aliphatic hydroxyl groups excluding tert-OH is 1. The maximum Gasteiger partial charge on any atom is 0.300 e. The van der Waals surface area contributed by atoms with Crippen LogP contribution in [0.1, 0.15) is 43.5 Å². The van der Waals surface area contributed by atoms with E-state index in [1.165, 1.54) is 30.3 Å². The molecule has 3 aromatic carbocycles. The van der Waals surface area contributed by atoms with Crippen LogP contribution in [0, 0.1) is 5.82 Å². The molecule has 1 unspecified atom stereocenters. The number of phenolic OH excluding ortho intramolecular Hbond substituents is 1. The number of para-hydroxylation sites is 2. The average molecular weight is 476 g/mol. The first kappa shape index (κ1) is 24.0. The van der Waals surface area contributed by atoms with E-state index >= 15 is 4.39 Å². The molecule has 1 fully saturated rings. The fourth-order valence-electron chi connectivity index (χ4n) is 4.34. The van der Waals surface area contributed by atoms with Crippen LogP contribution in [0.4, 0.5) is 10.1 Å². The van der Waals surface area contributed by atoms with Crippen LogP contribution < -0.4 is 9.64 Å². The molecule has 0 spiro atoms. The highest BCUT2D eigenvalue weighted by molar-refractivity contribution is 6.51. The maximum atomic E-state index is 15.0. The van der Waals surface area contributed by atoms with Gasteiger partial charge in [0.25, 0.3) is 11.7 Å². The quantitative estimate of drug-likeness (QED) is 0.297. The van der Waals surface area contributed by atoms with Crippen LogP contribution in [0.25, 0.3) is 5.76 Å². The molecule has 1 aliphatic heterocycles.